The molecule has 25 heavy (non-hydrogen) atoms. The van der Waals surface area contributed by atoms with Crippen LogP contribution in [0.15, 0.2) is 30.3 Å². The number of benzene rings is 1. The van der Waals surface area contributed by atoms with Gasteiger partial charge >= 0.3 is 0 Å². The van der Waals surface area contributed by atoms with E-state index in [2.05, 4.69) is 16.6 Å². The lowest BCUT2D eigenvalue weighted by atomic mass is 10.1. The third-order valence-corrected chi connectivity index (χ3v) is 4.59. The first-order valence-electron chi connectivity index (χ1n) is 7.65. The molecule has 1 aromatic heterocycles. The second-order valence-corrected chi connectivity index (χ2v) is 6.27. The van der Waals surface area contributed by atoms with Crippen molar-refractivity contribution < 1.29 is 19.1 Å². The molecule has 1 aromatic carbocycles. The van der Waals surface area contributed by atoms with Gasteiger partial charge in [0, 0.05) is 4.88 Å². The second-order valence-electron chi connectivity index (χ2n) is 5.19. The summed E-state index contributed by atoms with van der Waals surface area (Å²) < 4.78 is 11.1. The Balaban J connectivity index is 1.65. The van der Waals surface area contributed by atoms with Gasteiger partial charge in [-0.2, -0.15) is 0 Å². The van der Waals surface area contributed by atoms with Crippen LogP contribution >= 0.6 is 11.3 Å². The second kappa shape index (κ2) is 7.73. The van der Waals surface area contributed by atoms with Crippen molar-refractivity contribution in [2.75, 3.05) is 26.3 Å². The highest BCUT2D eigenvalue weighted by molar-refractivity contribution is 7.17. The van der Waals surface area contributed by atoms with E-state index in [1.54, 1.807) is 6.07 Å². The van der Waals surface area contributed by atoms with E-state index in [1.165, 1.54) is 11.3 Å². The van der Waals surface area contributed by atoms with Gasteiger partial charge in [-0.1, -0.05) is 5.92 Å². The molecule has 7 heteroatoms. The van der Waals surface area contributed by atoms with Crippen LogP contribution in [0.4, 0.5) is 0 Å². The summed E-state index contributed by atoms with van der Waals surface area (Å²) in [6.07, 6.45) is 5.06. The molecule has 0 fully saturated rings. The standard InChI is InChI=1S/C18H16N2O4S/c1-2-7-19-17(21)11-20-18(22)16-6-5-15(25-16)12-3-4-13-14(10-12)24-9-8-23-13/h1,3-6,10H,7-9,11H2,(H,19,21)(H,20,22). The van der Waals surface area contributed by atoms with Crippen molar-refractivity contribution in [1.82, 2.24) is 10.6 Å². The van der Waals surface area contributed by atoms with Gasteiger partial charge in [0.1, 0.15) is 13.2 Å². The van der Waals surface area contributed by atoms with Crippen LogP contribution < -0.4 is 20.1 Å². The molecule has 128 valence electrons. The first-order valence-corrected chi connectivity index (χ1v) is 8.47. The van der Waals surface area contributed by atoms with E-state index >= 15 is 0 Å². The molecule has 0 saturated heterocycles. The highest BCUT2D eigenvalue weighted by atomic mass is 32.1. The fourth-order valence-corrected chi connectivity index (χ4v) is 3.19. The molecular weight excluding hydrogens is 340 g/mol. The maximum Gasteiger partial charge on any atom is 0.261 e. The van der Waals surface area contributed by atoms with Crippen LogP contribution in [0.25, 0.3) is 10.4 Å². The molecule has 0 atom stereocenters. The monoisotopic (exact) mass is 356 g/mol. The van der Waals surface area contributed by atoms with Gasteiger partial charge in [-0.15, -0.1) is 17.8 Å². The molecule has 0 unspecified atom stereocenters. The summed E-state index contributed by atoms with van der Waals surface area (Å²) in [6, 6.07) is 9.28. The Morgan fingerprint density at radius 3 is 2.72 bits per heavy atom. The summed E-state index contributed by atoms with van der Waals surface area (Å²) in [5.41, 5.74) is 0.945. The van der Waals surface area contributed by atoms with Gasteiger partial charge in [0.15, 0.2) is 11.5 Å². The Labute approximate surface area is 149 Å². The maximum atomic E-state index is 12.1. The average molecular weight is 356 g/mol. The van der Waals surface area contributed by atoms with Crippen molar-refractivity contribution >= 4 is 23.2 Å². The number of thiophene rings is 1. The van der Waals surface area contributed by atoms with Gasteiger partial charge in [-0.25, -0.2) is 0 Å². The van der Waals surface area contributed by atoms with Crippen molar-refractivity contribution in [3.8, 4) is 34.3 Å². The number of ether oxygens (including phenoxy) is 2. The van der Waals surface area contributed by atoms with Crippen molar-refractivity contribution in [1.29, 1.82) is 0 Å². The SMILES string of the molecule is C#CCNC(=O)CNC(=O)c1ccc(-c2ccc3c(c2)OCCO3)s1. The smallest absolute Gasteiger partial charge is 0.261 e. The van der Waals surface area contributed by atoms with Crippen molar-refractivity contribution in [3.63, 3.8) is 0 Å². The molecule has 2 amide bonds. The molecule has 1 aliphatic rings. The van der Waals surface area contributed by atoms with Gasteiger partial charge in [0.2, 0.25) is 5.91 Å². The third kappa shape index (κ3) is 4.11. The Morgan fingerprint density at radius 1 is 1.12 bits per heavy atom. The summed E-state index contributed by atoms with van der Waals surface area (Å²) in [5, 5.41) is 5.06. The number of amides is 2. The number of hydrogen-bond donors (Lipinski definition) is 2. The molecule has 3 rings (SSSR count). The first-order chi connectivity index (χ1) is 12.2. The minimum absolute atomic E-state index is 0.113. The summed E-state index contributed by atoms with van der Waals surface area (Å²) >= 11 is 1.34. The van der Waals surface area contributed by atoms with Crippen LogP contribution in [-0.4, -0.2) is 38.1 Å². The Kier molecular flexibility index (Phi) is 5.21. The fraction of sp³-hybridized carbons (Fsp3) is 0.222. The first kappa shape index (κ1) is 16.9. The van der Waals surface area contributed by atoms with E-state index in [1.807, 2.05) is 24.3 Å². The summed E-state index contributed by atoms with van der Waals surface area (Å²) in [6.45, 7) is 1.10. The average Bonchev–Trinajstić information content (AvgIpc) is 3.14. The number of nitrogens with one attached hydrogen (secondary N) is 2. The molecule has 6 nitrogen and oxygen atoms in total. The highest BCUT2D eigenvalue weighted by Gasteiger charge is 2.15. The number of hydrogen-bond acceptors (Lipinski definition) is 5. The molecule has 2 aromatic rings. The van der Waals surface area contributed by atoms with Crippen LogP contribution in [0.5, 0.6) is 11.5 Å². The van der Waals surface area contributed by atoms with E-state index in [9.17, 15) is 9.59 Å². The van der Waals surface area contributed by atoms with Gasteiger partial charge in [-0.05, 0) is 35.9 Å². The summed E-state index contributed by atoms with van der Waals surface area (Å²) in [4.78, 5) is 25.0. The van der Waals surface area contributed by atoms with Crippen LogP contribution in [0.1, 0.15) is 9.67 Å². The molecule has 0 bridgehead atoms. The summed E-state index contributed by atoms with van der Waals surface area (Å²) in [7, 11) is 0. The van der Waals surface area contributed by atoms with Crippen LogP contribution in [-0.2, 0) is 4.79 Å². The predicted octanol–water partition coefficient (Wildman–Crippen LogP) is 1.67. The van der Waals surface area contributed by atoms with E-state index < -0.39 is 0 Å². The minimum Gasteiger partial charge on any atom is -0.486 e. The topological polar surface area (TPSA) is 76.7 Å². The van der Waals surface area contributed by atoms with Crippen LogP contribution in [0.2, 0.25) is 0 Å². The van der Waals surface area contributed by atoms with E-state index in [4.69, 9.17) is 15.9 Å². The summed E-state index contributed by atoms with van der Waals surface area (Å²) in [5.74, 6) is 3.10. The lowest BCUT2D eigenvalue weighted by Gasteiger charge is -2.18. The maximum absolute atomic E-state index is 12.1. The Bertz CT molecular complexity index is 838. The zero-order valence-corrected chi connectivity index (χ0v) is 14.2. The van der Waals surface area contributed by atoms with Crippen molar-refractivity contribution in [2.45, 2.75) is 0 Å². The fourth-order valence-electron chi connectivity index (χ4n) is 2.27. The zero-order chi connectivity index (χ0) is 17.6. The number of fused-ring (bicyclic) bond motifs is 1. The van der Waals surface area contributed by atoms with E-state index in [0.717, 1.165) is 16.2 Å². The van der Waals surface area contributed by atoms with Crippen molar-refractivity contribution in [3.05, 3.63) is 35.2 Å². The van der Waals surface area contributed by atoms with Crippen LogP contribution in [0.3, 0.4) is 0 Å². The third-order valence-electron chi connectivity index (χ3n) is 3.45. The van der Waals surface area contributed by atoms with Crippen LogP contribution in [0, 0.1) is 12.3 Å². The molecular formula is C18H16N2O4S. The van der Waals surface area contributed by atoms with Gasteiger partial charge in [-0.3, -0.25) is 9.59 Å². The quantitative estimate of drug-likeness (QED) is 0.799. The lowest BCUT2D eigenvalue weighted by Crippen LogP contribution is -2.36. The number of carbonyl (C=O) groups is 2. The predicted molar refractivity (Wildman–Crippen MR) is 94.9 cm³/mol. The number of terminal acetylenes is 1. The van der Waals surface area contributed by atoms with E-state index in [-0.39, 0.29) is 24.9 Å². The minimum atomic E-state index is -0.324. The van der Waals surface area contributed by atoms with E-state index in [0.29, 0.717) is 23.8 Å². The van der Waals surface area contributed by atoms with Gasteiger partial charge < -0.3 is 20.1 Å². The van der Waals surface area contributed by atoms with Crippen molar-refractivity contribution in [2.24, 2.45) is 0 Å². The van der Waals surface area contributed by atoms with Gasteiger partial charge in [0.25, 0.3) is 5.91 Å². The molecule has 0 aliphatic carbocycles. The highest BCUT2D eigenvalue weighted by Crippen LogP contribution is 2.36. The lowest BCUT2D eigenvalue weighted by molar-refractivity contribution is -0.119. The Morgan fingerprint density at radius 2 is 1.92 bits per heavy atom. The number of rotatable bonds is 5. The Hall–Kier alpha value is -2.98. The molecule has 0 spiro atoms. The molecule has 2 heterocycles. The largest absolute Gasteiger partial charge is 0.486 e. The molecule has 0 saturated carbocycles. The molecule has 0 radical (unpaired) electrons. The molecule has 2 N–H and O–H groups in total. The zero-order valence-electron chi connectivity index (χ0n) is 13.3. The van der Waals surface area contributed by atoms with Gasteiger partial charge in [0.05, 0.1) is 18.0 Å². The molecule has 1 aliphatic heterocycles. The number of carbonyl (C=O) groups excluding carboxylic acids is 2. The normalized spacial score (nSPS) is 12.1.